The van der Waals surface area contributed by atoms with Crippen molar-refractivity contribution in [3.05, 3.63) is 0 Å². The van der Waals surface area contributed by atoms with Crippen LogP contribution in [0.3, 0.4) is 0 Å². The molecular formula is C6H5ClO6S3. The van der Waals surface area contributed by atoms with Gasteiger partial charge in [0.15, 0.2) is 0 Å². The van der Waals surface area contributed by atoms with Gasteiger partial charge in [0.1, 0.15) is 5.38 Å². The van der Waals surface area contributed by atoms with E-state index < -0.39 is 36.3 Å². The number of hydrogen-bond acceptors (Lipinski definition) is 6. The summed E-state index contributed by atoms with van der Waals surface area (Å²) in [6.45, 7) is 0. The highest BCUT2D eigenvalue weighted by atomic mass is 35.5. The minimum absolute atomic E-state index is 0.199. The van der Waals surface area contributed by atoms with E-state index in [1.165, 1.54) is 0 Å². The Bertz CT molecular complexity index is 649. The number of rotatable bonds is 0. The number of halogens is 1. The third-order valence-corrected chi connectivity index (χ3v) is 5.13. The standard InChI is InChI=1S/C6H5ClO6S3/c7-6-4(15(10)11)1-3(14(8)9)2-5(6)16(12)13/h6H,1-2H2. The topological polar surface area (TPSA) is 102 Å². The molecule has 10 heteroatoms. The lowest BCUT2D eigenvalue weighted by Crippen LogP contribution is -2.36. The quantitative estimate of drug-likeness (QED) is 0.400. The van der Waals surface area contributed by atoms with Crippen molar-refractivity contribution in [3.63, 3.8) is 0 Å². The predicted octanol–water partition coefficient (Wildman–Crippen LogP) is -1.46. The molecule has 0 heterocycles. The average molecular weight is 305 g/mol. The van der Waals surface area contributed by atoms with Gasteiger partial charge in [0.25, 0.3) is 0 Å². The third kappa shape index (κ3) is 2.73. The van der Waals surface area contributed by atoms with Crippen LogP contribution in [-0.4, -0.2) is 45.2 Å². The number of hydrogen-bond donors (Lipinski definition) is 0. The van der Waals surface area contributed by atoms with E-state index in [0.717, 1.165) is 0 Å². The maximum atomic E-state index is 10.8. The fourth-order valence-corrected chi connectivity index (χ4v) is 3.82. The van der Waals surface area contributed by atoms with Gasteiger partial charge in [-0.05, 0) is 0 Å². The van der Waals surface area contributed by atoms with Gasteiger partial charge in [0.2, 0.25) is 30.9 Å². The highest BCUT2D eigenvalue weighted by Gasteiger charge is 2.31. The largest absolute Gasteiger partial charge is 0.215 e. The van der Waals surface area contributed by atoms with Crippen molar-refractivity contribution < 1.29 is 25.3 Å². The van der Waals surface area contributed by atoms with Crippen LogP contribution >= 0.6 is 11.6 Å². The van der Waals surface area contributed by atoms with Crippen molar-refractivity contribution in [3.8, 4) is 0 Å². The summed E-state index contributed by atoms with van der Waals surface area (Å²) in [5, 5.41) is -1.29. The molecule has 0 unspecified atom stereocenters. The maximum absolute atomic E-state index is 10.8. The minimum atomic E-state index is -2.71. The van der Waals surface area contributed by atoms with Crippen LogP contribution in [-0.2, 0) is 30.9 Å². The van der Waals surface area contributed by atoms with Crippen LogP contribution in [0.25, 0.3) is 0 Å². The van der Waals surface area contributed by atoms with Gasteiger partial charge in [-0.25, -0.2) is 0 Å². The Labute approximate surface area is 100 Å². The summed E-state index contributed by atoms with van der Waals surface area (Å²) >= 11 is 5.63. The van der Waals surface area contributed by atoms with Gasteiger partial charge in [0.05, 0.1) is 14.6 Å². The Hall–Kier alpha value is -0.640. The van der Waals surface area contributed by atoms with E-state index in [1.807, 2.05) is 0 Å². The zero-order valence-electron chi connectivity index (χ0n) is 7.54. The van der Waals surface area contributed by atoms with Gasteiger partial charge >= 0.3 is 0 Å². The van der Waals surface area contributed by atoms with Gasteiger partial charge in [-0.15, -0.1) is 11.6 Å². The Balaban J connectivity index is 3.62. The molecule has 0 aliphatic heterocycles. The molecule has 0 bridgehead atoms. The Morgan fingerprint density at radius 3 is 1.44 bits per heavy atom. The van der Waals surface area contributed by atoms with Gasteiger partial charge < -0.3 is 0 Å². The second kappa shape index (κ2) is 5.13. The van der Waals surface area contributed by atoms with Crippen molar-refractivity contribution >= 4 is 57.1 Å². The smallest absolute Gasteiger partial charge is 0.185 e. The molecule has 0 atom stereocenters. The lowest BCUT2D eigenvalue weighted by Gasteiger charge is -2.16. The van der Waals surface area contributed by atoms with Crippen molar-refractivity contribution in [2.45, 2.75) is 18.2 Å². The van der Waals surface area contributed by atoms with Crippen LogP contribution in [0.4, 0.5) is 0 Å². The molecule has 90 valence electrons. The molecule has 1 aliphatic carbocycles. The summed E-state index contributed by atoms with van der Waals surface area (Å²) in [6.07, 6.45) is -0.692. The molecule has 1 fully saturated rings. The SMILES string of the molecule is O=S(=O)=C1CC(=S(=O)=O)C(Cl)C(=S(=O)=O)C1. The molecule has 0 radical (unpaired) electrons. The van der Waals surface area contributed by atoms with Crippen LogP contribution in [0, 0.1) is 0 Å². The van der Waals surface area contributed by atoms with E-state index in [1.54, 1.807) is 0 Å². The van der Waals surface area contributed by atoms with E-state index in [4.69, 9.17) is 11.6 Å². The van der Waals surface area contributed by atoms with Crippen LogP contribution in [0.1, 0.15) is 12.8 Å². The van der Waals surface area contributed by atoms with Crippen LogP contribution in [0.15, 0.2) is 0 Å². The highest BCUT2D eigenvalue weighted by Crippen LogP contribution is 2.15. The first-order valence-electron chi connectivity index (χ1n) is 3.82. The molecular weight excluding hydrogens is 300 g/mol. The summed E-state index contributed by atoms with van der Waals surface area (Å²) in [6, 6.07) is 0. The van der Waals surface area contributed by atoms with E-state index in [-0.39, 0.29) is 27.4 Å². The molecule has 0 aromatic heterocycles. The van der Waals surface area contributed by atoms with E-state index in [0.29, 0.717) is 0 Å². The van der Waals surface area contributed by atoms with Gasteiger partial charge in [-0.2, -0.15) is 25.3 Å². The molecule has 0 amide bonds. The molecule has 16 heavy (non-hydrogen) atoms. The Morgan fingerprint density at radius 1 is 0.812 bits per heavy atom. The molecule has 1 saturated carbocycles. The van der Waals surface area contributed by atoms with Crippen LogP contribution < -0.4 is 0 Å². The fourth-order valence-electron chi connectivity index (χ4n) is 1.21. The fraction of sp³-hybridized carbons (Fsp3) is 0.500. The minimum Gasteiger partial charge on any atom is -0.185 e. The highest BCUT2D eigenvalue weighted by molar-refractivity contribution is 7.77. The molecule has 6 nitrogen and oxygen atoms in total. The summed E-state index contributed by atoms with van der Waals surface area (Å²) in [4.78, 5) is -0.882. The predicted molar refractivity (Wildman–Crippen MR) is 60.7 cm³/mol. The maximum Gasteiger partial charge on any atom is 0.215 e. The number of alkyl halides is 1. The lowest BCUT2D eigenvalue weighted by atomic mass is 9.99. The van der Waals surface area contributed by atoms with Crippen LogP contribution in [0.2, 0.25) is 0 Å². The summed E-state index contributed by atoms with van der Waals surface area (Å²) < 4.78 is 64.4. The average Bonchev–Trinajstić information content (AvgIpc) is 2.16. The Kier molecular flexibility index (Phi) is 4.30. The molecule has 0 aromatic rings. The first-order chi connectivity index (χ1) is 7.34. The van der Waals surface area contributed by atoms with Crippen molar-refractivity contribution in [2.75, 3.05) is 0 Å². The molecule has 0 spiro atoms. The van der Waals surface area contributed by atoms with E-state index in [2.05, 4.69) is 0 Å². The van der Waals surface area contributed by atoms with Gasteiger partial charge in [-0.3, -0.25) is 0 Å². The first-order valence-corrected chi connectivity index (χ1v) is 7.48. The van der Waals surface area contributed by atoms with Gasteiger partial charge in [0, 0.05) is 12.8 Å². The lowest BCUT2D eigenvalue weighted by molar-refractivity contribution is 0.626. The Morgan fingerprint density at radius 2 is 1.19 bits per heavy atom. The summed E-state index contributed by atoms with van der Waals surface area (Å²) in [5.41, 5.74) is 0. The monoisotopic (exact) mass is 304 g/mol. The summed E-state index contributed by atoms with van der Waals surface area (Å²) in [5.74, 6) is 0. The zero-order chi connectivity index (χ0) is 12.5. The second-order valence-electron chi connectivity index (χ2n) is 2.89. The zero-order valence-corrected chi connectivity index (χ0v) is 10.7. The second-order valence-corrected chi connectivity index (χ2v) is 6.36. The third-order valence-electron chi connectivity index (χ3n) is 1.97. The molecule has 0 N–H and O–H groups in total. The molecule has 0 aromatic carbocycles. The van der Waals surface area contributed by atoms with Crippen molar-refractivity contribution in [1.29, 1.82) is 0 Å². The molecule has 0 saturated heterocycles. The van der Waals surface area contributed by atoms with Gasteiger partial charge in [-0.1, -0.05) is 0 Å². The van der Waals surface area contributed by atoms with Crippen molar-refractivity contribution in [1.82, 2.24) is 0 Å². The molecule has 1 aliphatic rings. The molecule has 1 rings (SSSR count). The van der Waals surface area contributed by atoms with E-state index in [9.17, 15) is 25.3 Å². The van der Waals surface area contributed by atoms with Crippen LogP contribution in [0.5, 0.6) is 0 Å². The normalized spacial score (nSPS) is 20.8. The first kappa shape index (κ1) is 13.4. The van der Waals surface area contributed by atoms with Crippen molar-refractivity contribution in [2.24, 2.45) is 0 Å². The van der Waals surface area contributed by atoms with E-state index >= 15 is 0 Å². The summed E-state index contributed by atoms with van der Waals surface area (Å²) in [7, 11) is -8.04.